The number of amides is 1. The van der Waals surface area contributed by atoms with E-state index < -0.39 is 0 Å². The molecule has 0 spiro atoms. The summed E-state index contributed by atoms with van der Waals surface area (Å²) >= 11 is 1.73. The van der Waals surface area contributed by atoms with Gasteiger partial charge in [0.05, 0.1) is 12.5 Å². The van der Waals surface area contributed by atoms with Crippen molar-refractivity contribution in [1.29, 1.82) is 0 Å². The summed E-state index contributed by atoms with van der Waals surface area (Å²) in [6, 6.07) is 2.11. The topological polar surface area (TPSA) is 32.3 Å². The summed E-state index contributed by atoms with van der Waals surface area (Å²) in [6.45, 7) is 4.75. The molecule has 0 bridgehead atoms. The highest BCUT2D eigenvalue weighted by Gasteiger charge is 2.24. The van der Waals surface area contributed by atoms with Gasteiger partial charge in [-0.1, -0.05) is 0 Å². The summed E-state index contributed by atoms with van der Waals surface area (Å²) in [5.41, 5.74) is 1.29. The number of hydrogen-bond donors (Lipinski definition) is 1. The second-order valence-corrected chi connectivity index (χ2v) is 5.77. The molecule has 1 amide bonds. The average Bonchev–Trinajstić information content (AvgIpc) is 2.75. The van der Waals surface area contributed by atoms with E-state index in [9.17, 15) is 4.79 Å². The van der Waals surface area contributed by atoms with E-state index in [1.54, 1.807) is 11.3 Å². The van der Waals surface area contributed by atoms with Crippen molar-refractivity contribution in [2.24, 2.45) is 5.92 Å². The number of carbonyl (C=O) groups excluding carboxylic acids is 1. The summed E-state index contributed by atoms with van der Waals surface area (Å²) in [6.07, 6.45) is 2.14. The minimum absolute atomic E-state index is 0.175. The monoisotopic (exact) mass is 252 g/mol. The van der Waals surface area contributed by atoms with Gasteiger partial charge in [0.15, 0.2) is 0 Å². The van der Waals surface area contributed by atoms with Crippen LogP contribution in [0.2, 0.25) is 0 Å². The summed E-state index contributed by atoms with van der Waals surface area (Å²) < 4.78 is 0. The predicted molar refractivity (Wildman–Crippen MR) is 71.1 cm³/mol. The number of piperidine rings is 1. The molecule has 2 rings (SSSR count). The Kier molecular flexibility index (Phi) is 4.18. The van der Waals surface area contributed by atoms with Gasteiger partial charge in [-0.25, -0.2) is 0 Å². The molecule has 1 atom stereocenters. The first-order chi connectivity index (χ1) is 8.18. The van der Waals surface area contributed by atoms with Crippen LogP contribution in [0.1, 0.15) is 23.3 Å². The Hall–Kier alpha value is -0.870. The van der Waals surface area contributed by atoms with Gasteiger partial charge in [-0.3, -0.25) is 4.79 Å². The van der Waals surface area contributed by atoms with E-state index in [1.165, 1.54) is 10.4 Å². The molecule has 3 nitrogen and oxygen atoms in total. The molecule has 1 aliphatic heterocycles. The fourth-order valence-corrected chi connectivity index (χ4v) is 3.19. The number of aryl methyl sites for hydroxylation is 1. The van der Waals surface area contributed by atoms with Crippen molar-refractivity contribution in [3.05, 3.63) is 21.9 Å². The van der Waals surface area contributed by atoms with Gasteiger partial charge in [-0.2, -0.15) is 0 Å². The van der Waals surface area contributed by atoms with Gasteiger partial charge in [-0.15, -0.1) is 11.3 Å². The van der Waals surface area contributed by atoms with Crippen LogP contribution in [0.3, 0.4) is 0 Å². The van der Waals surface area contributed by atoms with E-state index in [1.807, 2.05) is 11.9 Å². The van der Waals surface area contributed by atoms with Gasteiger partial charge in [0.2, 0.25) is 5.91 Å². The van der Waals surface area contributed by atoms with Crippen LogP contribution in [0.25, 0.3) is 0 Å². The Bertz CT molecular complexity index is 383. The molecule has 1 aliphatic rings. The van der Waals surface area contributed by atoms with Crippen LogP contribution in [0, 0.1) is 12.8 Å². The molecule has 2 heterocycles. The van der Waals surface area contributed by atoms with Gasteiger partial charge in [0.25, 0.3) is 0 Å². The summed E-state index contributed by atoms with van der Waals surface area (Å²) in [4.78, 5) is 15.4. The van der Waals surface area contributed by atoms with Gasteiger partial charge in [0.1, 0.15) is 0 Å². The Labute approximate surface area is 107 Å². The lowest BCUT2D eigenvalue weighted by molar-refractivity contribution is -0.135. The van der Waals surface area contributed by atoms with Gasteiger partial charge >= 0.3 is 0 Å². The quantitative estimate of drug-likeness (QED) is 0.892. The molecular formula is C13H20N2OS. The van der Waals surface area contributed by atoms with E-state index in [0.29, 0.717) is 0 Å². The number of thiophene rings is 1. The summed E-state index contributed by atoms with van der Waals surface area (Å²) in [5, 5.41) is 5.38. The number of nitrogens with one attached hydrogen (secondary N) is 1. The third-order valence-corrected chi connectivity index (χ3v) is 4.38. The zero-order valence-electron chi connectivity index (χ0n) is 10.5. The van der Waals surface area contributed by atoms with Crippen LogP contribution in [0.4, 0.5) is 0 Å². The summed E-state index contributed by atoms with van der Waals surface area (Å²) in [7, 11) is 1.91. The van der Waals surface area contributed by atoms with Gasteiger partial charge in [0, 0.05) is 18.5 Å². The molecular weight excluding hydrogens is 232 g/mol. The van der Waals surface area contributed by atoms with Crippen molar-refractivity contribution in [3.63, 3.8) is 0 Å². The van der Waals surface area contributed by atoms with Crippen molar-refractivity contribution < 1.29 is 4.79 Å². The summed E-state index contributed by atoms with van der Waals surface area (Å²) in [5.74, 6) is 0.457. The lowest BCUT2D eigenvalue weighted by Crippen LogP contribution is -2.41. The lowest BCUT2D eigenvalue weighted by Gasteiger charge is -2.26. The second-order valence-electron chi connectivity index (χ2n) is 4.76. The molecule has 1 aromatic rings. The van der Waals surface area contributed by atoms with Gasteiger partial charge < -0.3 is 10.2 Å². The molecule has 0 saturated carbocycles. The number of carbonyl (C=O) groups is 1. The van der Waals surface area contributed by atoms with E-state index in [0.717, 1.165) is 32.5 Å². The van der Waals surface area contributed by atoms with E-state index in [4.69, 9.17) is 0 Å². The maximum absolute atomic E-state index is 12.2. The molecule has 1 aromatic heterocycles. The predicted octanol–water partition coefficient (Wildman–Crippen LogP) is 2.01. The fourth-order valence-electron chi connectivity index (χ4n) is 2.23. The maximum Gasteiger partial charge on any atom is 0.227 e. The molecule has 4 heteroatoms. The van der Waals surface area contributed by atoms with Crippen molar-refractivity contribution in [3.8, 4) is 0 Å². The number of hydrogen-bond acceptors (Lipinski definition) is 3. The smallest absolute Gasteiger partial charge is 0.227 e. The molecule has 1 N–H and O–H groups in total. The van der Waals surface area contributed by atoms with Gasteiger partial charge in [-0.05, 0) is 43.3 Å². The van der Waals surface area contributed by atoms with Crippen molar-refractivity contribution in [2.75, 3.05) is 20.1 Å². The first-order valence-electron chi connectivity index (χ1n) is 6.17. The van der Waals surface area contributed by atoms with Crippen molar-refractivity contribution >= 4 is 17.2 Å². The van der Waals surface area contributed by atoms with Crippen LogP contribution in [-0.2, 0) is 11.3 Å². The highest BCUT2D eigenvalue weighted by molar-refractivity contribution is 7.10. The molecule has 0 radical (unpaired) electrons. The standard InChI is InChI=1S/C13H20N2OS/c1-10-5-7-17-12(10)9-15(2)13(16)11-4-3-6-14-8-11/h5,7,11,14H,3-4,6,8-9H2,1-2H3. The third-order valence-electron chi connectivity index (χ3n) is 3.37. The van der Waals surface area contributed by atoms with Crippen molar-refractivity contribution in [2.45, 2.75) is 26.3 Å². The largest absolute Gasteiger partial charge is 0.340 e. The average molecular weight is 252 g/mol. The lowest BCUT2D eigenvalue weighted by atomic mass is 9.98. The second kappa shape index (κ2) is 5.65. The third kappa shape index (κ3) is 3.07. The van der Waals surface area contributed by atoms with Crippen LogP contribution in [0.15, 0.2) is 11.4 Å². The molecule has 1 fully saturated rings. The van der Waals surface area contributed by atoms with E-state index in [2.05, 4.69) is 23.7 Å². The first kappa shape index (κ1) is 12.6. The molecule has 0 aliphatic carbocycles. The van der Waals surface area contributed by atoms with Crippen LogP contribution >= 0.6 is 11.3 Å². The zero-order valence-corrected chi connectivity index (χ0v) is 11.3. The van der Waals surface area contributed by atoms with Crippen molar-refractivity contribution in [1.82, 2.24) is 10.2 Å². The van der Waals surface area contributed by atoms with Crippen LogP contribution in [-0.4, -0.2) is 30.9 Å². The first-order valence-corrected chi connectivity index (χ1v) is 7.05. The molecule has 94 valence electrons. The van der Waals surface area contributed by atoms with Crippen LogP contribution < -0.4 is 5.32 Å². The number of nitrogens with zero attached hydrogens (tertiary/aromatic N) is 1. The maximum atomic E-state index is 12.2. The molecule has 1 unspecified atom stereocenters. The SMILES string of the molecule is Cc1ccsc1CN(C)C(=O)C1CCCNC1. The Morgan fingerprint density at radius 3 is 3.06 bits per heavy atom. The normalized spacial score (nSPS) is 20.2. The minimum atomic E-state index is 0.175. The van der Waals surface area contributed by atoms with E-state index in [-0.39, 0.29) is 11.8 Å². The highest BCUT2D eigenvalue weighted by Crippen LogP contribution is 2.19. The molecule has 0 aromatic carbocycles. The van der Waals surface area contributed by atoms with Crippen LogP contribution in [0.5, 0.6) is 0 Å². The minimum Gasteiger partial charge on any atom is -0.340 e. The molecule has 1 saturated heterocycles. The Balaban J connectivity index is 1.93. The Morgan fingerprint density at radius 2 is 2.47 bits per heavy atom. The zero-order chi connectivity index (χ0) is 12.3. The Morgan fingerprint density at radius 1 is 1.65 bits per heavy atom. The number of rotatable bonds is 3. The molecule has 17 heavy (non-hydrogen) atoms. The fraction of sp³-hybridized carbons (Fsp3) is 0.615. The van der Waals surface area contributed by atoms with E-state index >= 15 is 0 Å². The highest BCUT2D eigenvalue weighted by atomic mass is 32.1.